The Morgan fingerprint density at radius 3 is 2.72 bits per heavy atom. The molecule has 0 atom stereocenters. The number of rotatable bonds is 5. The second-order valence-electron chi connectivity index (χ2n) is 4.08. The lowest BCUT2D eigenvalue weighted by Gasteiger charge is -2.02. The Labute approximate surface area is 108 Å². The standard InChI is InChI=1S/C14H12F2OS/c15-12-3-2-11(14(16)8-12)7-13(17)4-1-10-5-6-18-9-10/h2-3,5-6,8-9H,1,4,7H2. The highest BCUT2D eigenvalue weighted by atomic mass is 32.1. The Morgan fingerprint density at radius 1 is 1.22 bits per heavy atom. The molecule has 0 radical (unpaired) electrons. The van der Waals surface area contributed by atoms with Crippen molar-refractivity contribution in [1.82, 2.24) is 0 Å². The SMILES string of the molecule is O=C(CCc1ccsc1)Cc1ccc(F)cc1F. The number of ketones is 1. The van der Waals surface area contributed by atoms with Crippen molar-refractivity contribution < 1.29 is 13.6 Å². The van der Waals surface area contributed by atoms with E-state index in [0.717, 1.165) is 11.6 Å². The summed E-state index contributed by atoms with van der Waals surface area (Å²) in [5, 5.41) is 3.95. The van der Waals surface area contributed by atoms with Gasteiger partial charge < -0.3 is 0 Å². The summed E-state index contributed by atoms with van der Waals surface area (Å²) in [6, 6.07) is 5.27. The quantitative estimate of drug-likeness (QED) is 0.805. The van der Waals surface area contributed by atoms with Crippen LogP contribution in [0.1, 0.15) is 17.5 Å². The zero-order chi connectivity index (χ0) is 13.0. The average Bonchev–Trinajstić information content (AvgIpc) is 2.83. The van der Waals surface area contributed by atoms with Crippen LogP contribution in [0.25, 0.3) is 0 Å². The molecule has 0 saturated heterocycles. The van der Waals surface area contributed by atoms with Crippen LogP contribution >= 0.6 is 11.3 Å². The van der Waals surface area contributed by atoms with Crippen molar-refractivity contribution in [2.24, 2.45) is 0 Å². The van der Waals surface area contributed by atoms with Crippen molar-refractivity contribution >= 4 is 17.1 Å². The van der Waals surface area contributed by atoms with Gasteiger partial charge in [-0.2, -0.15) is 11.3 Å². The molecule has 0 bridgehead atoms. The second-order valence-corrected chi connectivity index (χ2v) is 4.86. The van der Waals surface area contributed by atoms with Gasteiger partial charge in [-0.25, -0.2) is 8.78 Å². The minimum absolute atomic E-state index is 0.0241. The normalized spacial score (nSPS) is 10.6. The monoisotopic (exact) mass is 266 g/mol. The van der Waals surface area contributed by atoms with E-state index in [4.69, 9.17) is 0 Å². The number of halogens is 2. The van der Waals surface area contributed by atoms with Gasteiger partial charge in [-0.1, -0.05) is 6.07 Å². The molecule has 1 aromatic heterocycles. The first-order valence-corrected chi connectivity index (χ1v) is 6.56. The van der Waals surface area contributed by atoms with Crippen molar-refractivity contribution in [2.75, 3.05) is 0 Å². The lowest BCUT2D eigenvalue weighted by Crippen LogP contribution is -2.06. The van der Waals surface area contributed by atoms with E-state index < -0.39 is 11.6 Å². The van der Waals surface area contributed by atoms with E-state index in [2.05, 4.69) is 0 Å². The summed E-state index contributed by atoms with van der Waals surface area (Å²) < 4.78 is 26.0. The van der Waals surface area contributed by atoms with Crippen molar-refractivity contribution in [3.8, 4) is 0 Å². The van der Waals surface area contributed by atoms with E-state index in [1.807, 2.05) is 16.8 Å². The zero-order valence-electron chi connectivity index (χ0n) is 9.66. The smallest absolute Gasteiger partial charge is 0.137 e. The Hall–Kier alpha value is -1.55. The van der Waals surface area contributed by atoms with Gasteiger partial charge in [-0.05, 0) is 40.4 Å². The number of hydrogen-bond acceptors (Lipinski definition) is 2. The summed E-state index contributed by atoms with van der Waals surface area (Å²) in [6.45, 7) is 0. The number of thiophene rings is 1. The fourth-order valence-corrected chi connectivity index (χ4v) is 2.39. The number of benzene rings is 1. The molecule has 2 rings (SSSR count). The minimum Gasteiger partial charge on any atom is -0.299 e. The molecular weight excluding hydrogens is 254 g/mol. The van der Waals surface area contributed by atoms with Crippen molar-refractivity contribution in [3.63, 3.8) is 0 Å². The molecule has 1 heterocycles. The van der Waals surface area contributed by atoms with Crippen molar-refractivity contribution in [3.05, 3.63) is 57.8 Å². The van der Waals surface area contributed by atoms with Gasteiger partial charge in [-0.15, -0.1) is 0 Å². The van der Waals surface area contributed by atoms with Crippen LogP contribution in [0.2, 0.25) is 0 Å². The van der Waals surface area contributed by atoms with Crippen LogP contribution in [-0.4, -0.2) is 5.78 Å². The van der Waals surface area contributed by atoms with Gasteiger partial charge in [0.25, 0.3) is 0 Å². The summed E-state index contributed by atoms with van der Waals surface area (Å²) in [6.07, 6.45) is 1.08. The molecule has 1 aromatic carbocycles. The second kappa shape index (κ2) is 5.87. The molecule has 0 N–H and O–H groups in total. The first-order chi connectivity index (χ1) is 8.65. The Bertz CT molecular complexity index is 535. The highest BCUT2D eigenvalue weighted by molar-refractivity contribution is 7.07. The molecule has 0 fully saturated rings. The maximum absolute atomic E-state index is 13.3. The summed E-state index contributed by atoms with van der Waals surface area (Å²) in [4.78, 5) is 11.7. The van der Waals surface area contributed by atoms with Crippen molar-refractivity contribution in [1.29, 1.82) is 0 Å². The van der Waals surface area contributed by atoms with Gasteiger partial charge in [0.2, 0.25) is 0 Å². The fraction of sp³-hybridized carbons (Fsp3) is 0.214. The minimum atomic E-state index is -0.654. The molecule has 0 aliphatic carbocycles. The van der Waals surface area contributed by atoms with Gasteiger partial charge in [0.15, 0.2) is 0 Å². The van der Waals surface area contributed by atoms with E-state index in [-0.39, 0.29) is 17.8 Å². The lowest BCUT2D eigenvalue weighted by atomic mass is 10.0. The number of hydrogen-bond donors (Lipinski definition) is 0. The predicted molar refractivity (Wildman–Crippen MR) is 67.7 cm³/mol. The molecule has 0 amide bonds. The molecule has 0 saturated carbocycles. The number of carbonyl (C=O) groups is 1. The topological polar surface area (TPSA) is 17.1 Å². The first-order valence-electron chi connectivity index (χ1n) is 5.62. The predicted octanol–water partition coefficient (Wildman–Crippen LogP) is 3.77. The van der Waals surface area contributed by atoms with E-state index >= 15 is 0 Å². The van der Waals surface area contributed by atoms with Crippen molar-refractivity contribution in [2.45, 2.75) is 19.3 Å². The summed E-state index contributed by atoms with van der Waals surface area (Å²) in [5.74, 6) is -1.31. The Morgan fingerprint density at radius 2 is 2.06 bits per heavy atom. The number of aryl methyl sites for hydroxylation is 1. The third-order valence-electron chi connectivity index (χ3n) is 2.68. The van der Waals surface area contributed by atoms with E-state index in [0.29, 0.717) is 12.8 Å². The van der Waals surface area contributed by atoms with E-state index in [1.165, 1.54) is 12.1 Å². The van der Waals surface area contributed by atoms with Crippen LogP contribution in [-0.2, 0) is 17.6 Å². The maximum atomic E-state index is 13.3. The molecule has 2 aromatic rings. The molecule has 4 heteroatoms. The number of Topliss-reactive ketones (excluding diaryl/α,β-unsaturated/α-hetero) is 1. The summed E-state index contributed by atoms with van der Waals surface area (Å²) >= 11 is 1.59. The fourth-order valence-electron chi connectivity index (χ4n) is 1.68. The van der Waals surface area contributed by atoms with Crippen LogP contribution < -0.4 is 0 Å². The van der Waals surface area contributed by atoms with Gasteiger partial charge in [0.1, 0.15) is 17.4 Å². The molecule has 0 aliphatic heterocycles. The highest BCUT2D eigenvalue weighted by Crippen LogP contribution is 2.13. The molecule has 0 spiro atoms. The van der Waals surface area contributed by atoms with Crippen LogP contribution in [0.4, 0.5) is 8.78 Å². The van der Waals surface area contributed by atoms with Gasteiger partial charge in [0, 0.05) is 18.9 Å². The van der Waals surface area contributed by atoms with E-state index in [1.54, 1.807) is 11.3 Å². The lowest BCUT2D eigenvalue weighted by molar-refractivity contribution is -0.118. The first kappa shape index (κ1) is 12.9. The highest BCUT2D eigenvalue weighted by Gasteiger charge is 2.09. The molecule has 94 valence electrons. The largest absolute Gasteiger partial charge is 0.299 e. The van der Waals surface area contributed by atoms with Crippen LogP contribution in [0.3, 0.4) is 0 Å². The van der Waals surface area contributed by atoms with Crippen LogP contribution in [0, 0.1) is 11.6 Å². The van der Waals surface area contributed by atoms with Gasteiger partial charge in [-0.3, -0.25) is 4.79 Å². The third-order valence-corrected chi connectivity index (χ3v) is 3.41. The summed E-state index contributed by atoms with van der Waals surface area (Å²) in [7, 11) is 0. The maximum Gasteiger partial charge on any atom is 0.137 e. The average molecular weight is 266 g/mol. The molecule has 1 nitrogen and oxygen atoms in total. The molecular formula is C14H12F2OS. The summed E-state index contributed by atoms with van der Waals surface area (Å²) in [5.41, 5.74) is 1.37. The molecule has 18 heavy (non-hydrogen) atoms. The zero-order valence-corrected chi connectivity index (χ0v) is 10.5. The van der Waals surface area contributed by atoms with E-state index in [9.17, 15) is 13.6 Å². The Balaban J connectivity index is 1.91. The van der Waals surface area contributed by atoms with Crippen LogP contribution in [0.15, 0.2) is 35.0 Å². The third kappa shape index (κ3) is 3.47. The van der Waals surface area contributed by atoms with Gasteiger partial charge in [0.05, 0.1) is 0 Å². The van der Waals surface area contributed by atoms with Gasteiger partial charge >= 0.3 is 0 Å². The molecule has 0 aliphatic rings. The van der Waals surface area contributed by atoms with Crippen LogP contribution in [0.5, 0.6) is 0 Å². The Kier molecular flexibility index (Phi) is 4.20. The molecule has 0 unspecified atom stereocenters. The number of carbonyl (C=O) groups excluding carboxylic acids is 1.